The predicted octanol–water partition coefficient (Wildman–Crippen LogP) is 4.83. The molecule has 29 heavy (non-hydrogen) atoms. The fourth-order valence-corrected chi connectivity index (χ4v) is 9.23. The molecule has 0 atom stereocenters. The van der Waals surface area contributed by atoms with Crippen LogP contribution in [0.4, 0.5) is 9.59 Å². The van der Waals surface area contributed by atoms with Crippen LogP contribution in [-0.2, 0) is 9.47 Å². The van der Waals surface area contributed by atoms with Crippen molar-refractivity contribution in [1.82, 2.24) is 0 Å². The second-order valence-corrected chi connectivity index (χ2v) is 11.0. The third-order valence-electron chi connectivity index (χ3n) is 5.08. The molecule has 0 bridgehead atoms. The molecule has 0 N–H and O–H groups in total. The van der Waals surface area contributed by atoms with Gasteiger partial charge in [-0.2, -0.15) is 0 Å². The van der Waals surface area contributed by atoms with Gasteiger partial charge in [-0.1, -0.05) is 0 Å². The van der Waals surface area contributed by atoms with Gasteiger partial charge in [0.1, 0.15) is 0 Å². The summed E-state index contributed by atoms with van der Waals surface area (Å²) in [6.45, 7) is -0.668. The maximum atomic E-state index is 14.0. The van der Waals surface area contributed by atoms with E-state index in [1.165, 1.54) is 0 Å². The third-order valence-corrected chi connectivity index (χ3v) is 10.8. The zero-order chi connectivity index (χ0) is 20.8. The van der Waals surface area contributed by atoms with E-state index in [0.29, 0.717) is 15.9 Å². The minimum absolute atomic E-state index is 0.155. The summed E-state index contributed by atoms with van der Waals surface area (Å²) in [5.74, 6) is 0. The molecule has 3 aromatic rings. The molecule has 0 saturated carbocycles. The van der Waals surface area contributed by atoms with Gasteiger partial charge >= 0.3 is 171 Å². The summed E-state index contributed by atoms with van der Waals surface area (Å²) >= 11 is 0. The maximum absolute atomic E-state index is 14.0. The molecule has 0 saturated heterocycles. The Hall–Kier alpha value is -2.97. The van der Waals surface area contributed by atoms with Crippen molar-refractivity contribution in [3.05, 3.63) is 91.0 Å². The molecule has 0 aliphatic heterocycles. The predicted molar refractivity (Wildman–Crippen MR) is 119 cm³/mol. The van der Waals surface area contributed by atoms with Gasteiger partial charge in [-0.3, -0.25) is 0 Å². The van der Waals surface area contributed by atoms with Crippen LogP contribution in [0.5, 0.6) is 0 Å². The summed E-state index contributed by atoms with van der Waals surface area (Å²) in [4.78, 5) is 28.1. The number of carbonyl (C=O) groups is 2. The van der Waals surface area contributed by atoms with Gasteiger partial charge in [0.15, 0.2) is 0 Å². The summed E-state index contributed by atoms with van der Waals surface area (Å²) in [5.41, 5.74) is -1.11. The van der Waals surface area contributed by atoms with Crippen molar-refractivity contribution in [3.8, 4) is 0 Å². The molecule has 0 unspecified atom stereocenters. The van der Waals surface area contributed by atoms with Crippen LogP contribution in [0.25, 0.3) is 0 Å². The van der Waals surface area contributed by atoms with Crippen LogP contribution in [0.15, 0.2) is 91.0 Å². The Balaban J connectivity index is 2.62. The monoisotopic (exact) mass is 408 g/mol. The van der Waals surface area contributed by atoms with Crippen LogP contribution >= 0.6 is 6.60 Å². The van der Waals surface area contributed by atoms with Crippen LogP contribution in [0.1, 0.15) is 13.8 Å². The van der Waals surface area contributed by atoms with Gasteiger partial charge in [0, 0.05) is 0 Å². The van der Waals surface area contributed by atoms with Crippen LogP contribution < -0.4 is 15.9 Å². The molecule has 150 valence electrons. The van der Waals surface area contributed by atoms with Crippen molar-refractivity contribution in [1.29, 1.82) is 0 Å². The first kappa shape index (κ1) is 20.8. The molecule has 0 aliphatic carbocycles. The van der Waals surface area contributed by atoms with E-state index in [4.69, 9.17) is 9.47 Å². The van der Waals surface area contributed by atoms with Crippen molar-refractivity contribution in [2.24, 2.45) is 0 Å². The van der Waals surface area contributed by atoms with E-state index in [0.717, 1.165) is 0 Å². The second kappa shape index (κ2) is 8.59. The standard InChI is InChI=1S/C24H25O4P/c1-3-27-23(25)29(24(26)28-4-2,20-14-8-5-9-15-20,21-16-10-6-11-17-21)22-18-12-7-13-19-22/h5-19H,3-4H2,1-2H3. The topological polar surface area (TPSA) is 52.6 Å². The SMILES string of the molecule is CCOC(=O)P(C(=O)OCC)(c1ccccc1)(c1ccccc1)c1ccccc1. The molecule has 0 spiro atoms. The number of hydrogen-bond acceptors (Lipinski definition) is 4. The normalized spacial score (nSPS) is 12.4. The molecule has 0 aromatic heterocycles. The van der Waals surface area contributed by atoms with Gasteiger partial charge in [0.2, 0.25) is 0 Å². The number of carbonyl (C=O) groups excluding carboxylic acids is 2. The van der Waals surface area contributed by atoms with E-state index in [1.54, 1.807) is 13.8 Å². The van der Waals surface area contributed by atoms with Gasteiger partial charge in [-0.05, 0) is 0 Å². The fraction of sp³-hybridized carbons (Fsp3) is 0.167. The van der Waals surface area contributed by atoms with Crippen molar-refractivity contribution >= 4 is 33.9 Å². The molecule has 0 amide bonds. The molecule has 0 fully saturated rings. The summed E-state index contributed by atoms with van der Waals surface area (Å²) in [5, 5.41) is 1.81. The Morgan fingerprint density at radius 1 is 0.586 bits per heavy atom. The van der Waals surface area contributed by atoms with Gasteiger partial charge in [0.25, 0.3) is 0 Å². The summed E-state index contributed by atoms with van der Waals surface area (Å²) in [7, 11) is 0. The molecule has 0 aliphatic rings. The summed E-state index contributed by atoms with van der Waals surface area (Å²) in [6, 6.07) is 27.5. The van der Waals surface area contributed by atoms with Crippen molar-refractivity contribution < 1.29 is 19.1 Å². The molecule has 3 aromatic carbocycles. The van der Waals surface area contributed by atoms with Crippen molar-refractivity contribution in [2.75, 3.05) is 13.2 Å². The fourth-order valence-electron chi connectivity index (χ4n) is 3.84. The summed E-state index contributed by atoms with van der Waals surface area (Å²) in [6.07, 6.45) is 0. The van der Waals surface area contributed by atoms with Crippen LogP contribution in [0.2, 0.25) is 0 Å². The van der Waals surface area contributed by atoms with E-state index in [9.17, 15) is 9.59 Å². The van der Waals surface area contributed by atoms with E-state index in [2.05, 4.69) is 0 Å². The molecule has 3 rings (SSSR count). The molecule has 0 radical (unpaired) electrons. The number of benzene rings is 3. The van der Waals surface area contributed by atoms with Gasteiger partial charge < -0.3 is 0 Å². The minimum atomic E-state index is -4.47. The first-order valence-corrected chi connectivity index (χ1v) is 11.9. The summed E-state index contributed by atoms with van der Waals surface area (Å²) < 4.78 is 11.3. The molecule has 0 heterocycles. The van der Waals surface area contributed by atoms with Crippen LogP contribution in [0, 0.1) is 0 Å². The van der Waals surface area contributed by atoms with E-state index < -0.39 is 18.0 Å². The first-order chi connectivity index (χ1) is 14.1. The third kappa shape index (κ3) is 2.95. The quantitative estimate of drug-likeness (QED) is 0.526. The second-order valence-electron chi connectivity index (χ2n) is 6.52. The Bertz CT molecular complexity index is 850. The van der Waals surface area contributed by atoms with Crippen LogP contribution in [0.3, 0.4) is 0 Å². The molecule has 5 heteroatoms. The molecular formula is C24H25O4P. The number of hydrogen-bond donors (Lipinski definition) is 0. The number of ether oxygens (including phenoxy) is 2. The van der Waals surface area contributed by atoms with Crippen molar-refractivity contribution in [2.45, 2.75) is 13.8 Å². The molecule has 4 nitrogen and oxygen atoms in total. The van der Waals surface area contributed by atoms with Gasteiger partial charge in [-0.15, -0.1) is 0 Å². The Kier molecular flexibility index (Phi) is 6.14. The Morgan fingerprint density at radius 3 is 1.10 bits per heavy atom. The average molecular weight is 408 g/mol. The average Bonchev–Trinajstić information content (AvgIpc) is 2.77. The Morgan fingerprint density at radius 2 is 0.862 bits per heavy atom. The zero-order valence-corrected chi connectivity index (χ0v) is 17.5. The van der Waals surface area contributed by atoms with Crippen LogP contribution in [-0.4, -0.2) is 24.6 Å². The van der Waals surface area contributed by atoms with E-state index >= 15 is 0 Å². The Labute approximate surface area is 171 Å². The van der Waals surface area contributed by atoms with E-state index in [-0.39, 0.29) is 13.2 Å². The first-order valence-electron chi connectivity index (χ1n) is 9.66. The van der Waals surface area contributed by atoms with Crippen molar-refractivity contribution in [3.63, 3.8) is 0 Å². The van der Waals surface area contributed by atoms with Gasteiger partial charge in [0.05, 0.1) is 0 Å². The van der Waals surface area contributed by atoms with Gasteiger partial charge in [-0.25, -0.2) is 0 Å². The van der Waals surface area contributed by atoms with E-state index in [1.807, 2.05) is 91.0 Å². The zero-order valence-electron chi connectivity index (χ0n) is 16.7. The molecular weight excluding hydrogens is 383 g/mol. The number of rotatable bonds is 7.